The molecule has 2 aromatic carbocycles. The van der Waals surface area contributed by atoms with Gasteiger partial charge in [0.25, 0.3) is 5.91 Å². The Labute approximate surface area is 185 Å². The number of carbonyl (C=O) groups excluding carboxylic acids is 2. The van der Waals surface area contributed by atoms with Gasteiger partial charge in [0.15, 0.2) is 0 Å². The highest BCUT2D eigenvalue weighted by molar-refractivity contribution is 5.94. The molecule has 4 N–H and O–H groups in total. The van der Waals surface area contributed by atoms with E-state index in [9.17, 15) is 14.7 Å². The summed E-state index contributed by atoms with van der Waals surface area (Å²) in [5.41, 5.74) is 2.70. The van der Waals surface area contributed by atoms with Crippen molar-refractivity contribution in [1.29, 1.82) is 0 Å². The van der Waals surface area contributed by atoms with E-state index in [4.69, 9.17) is 9.94 Å². The van der Waals surface area contributed by atoms with Gasteiger partial charge < -0.3 is 15.2 Å². The minimum Gasteiger partial charge on any atom is -0.457 e. The van der Waals surface area contributed by atoms with Crippen LogP contribution in [0.5, 0.6) is 11.5 Å². The van der Waals surface area contributed by atoms with Gasteiger partial charge in [-0.3, -0.25) is 19.8 Å². The molecule has 2 amide bonds. The average Bonchev–Trinajstić information content (AvgIpc) is 2.84. The van der Waals surface area contributed by atoms with E-state index in [0.717, 1.165) is 0 Å². The summed E-state index contributed by atoms with van der Waals surface area (Å²) in [7, 11) is 0. The first kappa shape index (κ1) is 22.9. The van der Waals surface area contributed by atoms with Crippen molar-refractivity contribution in [3.05, 3.63) is 90.3 Å². The van der Waals surface area contributed by atoms with Gasteiger partial charge in [-0.1, -0.05) is 24.3 Å². The average molecular weight is 435 g/mol. The van der Waals surface area contributed by atoms with Crippen LogP contribution >= 0.6 is 0 Å². The Morgan fingerprint density at radius 2 is 1.62 bits per heavy atom. The molecule has 166 valence electrons. The third-order valence-electron chi connectivity index (χ3n) is 4.88. The zero-order valence-electron chi connectivity index (χ0n) is 17.3. The largest absolute Gasteiger partial charge is 0.457 e. The number of aliphatic hydroxyl groups excluding tert-OH is 1. The summed E-state index contributed by atoms with van der Waals surface area (Å²) < 4.78 is 5.72. The van der Waals surface area contributed by atoms with Crippen molar-refractivity contribution in [2.45, 2.75) is 18.9 Å². The molecule has 0 saturated heterocycles. The molecule has 3 aromatic rings. The van der Waals surface area contributed by atoms with Gasteiger partial charge in [0, 0.05) is 29.8 Å². The highest BCUT2D eigenvalue weighted by Gasteiger charge is 2.25. The molecule has 0 bridgehead atoms. The number of hydrogen-bond acceptors (Lipinski definition) is 6. The summed E-state index contributed by atoms with van der Waals surface area (Å²) in [5, 5.41) is 21.6. The summed E-state index contributed by atoms with van der Waals surface area (Å²) in [6, 6.07) is 20.5. The van der Waals surface area contributed by atoms with Crippen molar-refractivity contribution in [2.75, 3.05) is 6.61 Å². The SMILES string of the molecule is O=C(N[C@H](CO)C[C@H](Cc1ccccn1)C(=O)NO)c1ccc(Oc2ccccc2)cc1. The number of benzene rings is 2. The van der Waals surface area contributed by atoms with E-state index < -0.39 is 23.8 Å². The Bertz CT molecular complexity index is 997. The second-order valence-electron chi connectivity index (χ2n) is 7.23. The van der Waals surface area contributed by atoms with E-state index in [1.165, 1.54) is 0 Å². The van der Waals surface area contributed by atoms with Crippen molar-refractivity contribution in [1.82, 2.24) is 15.8 Å². The van der Waals surface area contributed by atoms with Crippen LogP contribution in [0.25, 0.3) is 0 Å². The molecule has 1 heterocycles. The number of hydrogen-bond donors (Lipinski definition) is 4. The number of rotatable bonds is 10. The van der Waals surface area contributed by atoms with Crippen LogP contribution < -0.4 is 15.5 Å². The van der Waals surface area contributed by atoms with Crippen LogP contribution in [0, 0.1) is 5.92 Å². The summed E-state index contributed by atoms with van der Waals surface area (Å²) >= 11 is 0. The Kier molecular flexibility index (Phi) is 8.30. The molecule has 32 heavy (non-hydrogen) atoms. The number of nitrogens with one attached hydrogen (secondary N) is 2. The predicted molar refractivity (Wildman–Crippen MR) is 117 cm³/mol. The lowest BCUT2D eigenvalue weighted by Gasteiger charge is -2.22. The Morgan fingerprint density at radius 1 is 0.938 bits per heavy atom. The van der Waals surface area contributed by atoms with Gasteiger partial charge >= 0.3 is 0 Å². The smallest absolute Gasteiger partial charge is 0.251 e. The molecule has 0 aliphatic heterocycles. The maximum Gasteiger partial charge on any atom is 0.251 e. The fraction of sp³-hybridized carbons (Fsp3) is 0.208. The van der Waals surface area contributed by atoms with E-state index >= 15 is 0 Å². The highest BCUT2D eigenvalue weighted by atomic mass is 16.5. The van der Waals surface area contributed by atoms with Crippen molar-refractivity contribution in [3.63, 3.8) is 0 Å². The first-order valence-electron chi connectivity index (χ1n) is 10.2. The summed E-state index contributed by atoms with van der Waals surface area (Å²) in [4.78, 5) is 28.9. The zero-order chi connectivity index (χ0) is 22.8. The van der Waals surface area contributed by atoms with Crippen LogP contribution in [0.3, 0.4) is 0 Å². The first-order chi connectivity index (χ1) is 15.6. The van der Waals surface area contributed by atoms with Gasteiger partial charge in [0.1, 0.15) is 11.5 Å². The number of nitrogens with zero attached hydrogens (tertiary/aromatic N) is 1. The summed E-state index contributed by atoms with van der Waals surface area (Å²) in [6.45, 7) is -0.363. The quantitative estimate of drug-likeness (QED) is 0.287. The van der Waals surface area contributed by atoms with Crippen LogP contribution in [0.2, 0.25) is 0 Å². The molecule has 0 aliphatic rings. The number of ether oxygens (including phenoxy) is 1. The standard InChI is InChI=1S/C24H25N3O5/c28-16-20(15-18(24(30)27-31)14-19-6-4-5-13-25-19)26-23(29)17-9-11-22(12-10-17)32-21-7-2-1-3-8-21/h1-13,18,20,28,31H,14-16H2,(H,26,29)(H,27,30)/t18-,20-/m0/s1. The highest BCUT2D eigenvalue weighted by Crippen LogP contribution is 2.21. The lowest BCUT2D eigenvalue weighted by molar-refractivity contribution is -0.133. The number of aromatic nitrogens is 1. The Morgan fingerprint density at radius 3 is 2.25 bits per heavy atom. The summed E-state index contributed by atoms with van der Waals surface area (Å²) in [6.07, 6.45) is 1.99. The van der Waals surface area contributed by atoms with E-state index in [1.807, 2.05) is 30.3 Å². The van der Waals surface area contributed by atoms with Gasteiger partial charge in [-0.05, 0) is 55.0 Å². The number of aliphatic hydroxyl groups is 1. The van der Waals surface area contributed by atoms with E-state index in [2.05, 4.69) is 10.3 Å². The lowest BCUT2D eigenvalue weighted by atomic mass is 9.94. The normalized spacial score (nSPS) is 12.4. The molecule has 8 heteroatoms. The second kappa shape index (κ2) is 11.6. The zero-order valence-corrected chi connectivity index (χ0v) is 17.3. The molecule has 3 rings (SSSR count). The molecule has 0 spiro atoms. The molecule has 2 atom stereocenters. The Hall–Kier alpha value is -3.75. The number of carbonyl (C=O) groups is 2. The molecule has 0 fully saturated rings. The van der Waals surface area contributed by atoms with Gasteiger partial charge in [-0.15, -0.1) is 0 Å². The van der Waals surface area contributed by atoms with E-state index in [-0.39, 0.29) is 19.4 Å². The molecular weight excluding hydrogens is 410 g/mol. The van der Waals surface area contributed by atoms with Crippen LogP contribution in [-0.4, -0.2) is 39.8 Å². The number of amides is 2. The number of hydroxylamine groups is 1. The molecule has 8 nitrogen and oxygen atoms in total. The van der Waals surface area contributed by atoms with Gasteiger partial charge in [-0.25, -0.2) is 5.48 Å². The third kappa shape index (κ3) is 6.63. The lowest BCUT2D eigenvalue weighted by Crippen LogP contribution is -2.42. The molecule has 1 aromatic heterocycles. The van der Waals surface area contributed by atoms with E-state index in [1.54, 1.807) is 54.1 Å². The predicted octanol–water partition coefficient (Wildman–Crippen LogP) is 2.72. The van der Waals surface area contributed by atoms with Crippen molar-refractivity contribution in [2.24, 2.45) is 5.92 Å². The minimum atomic E-state index is -0.686. The molecule has 0 saturated carbocycles. The van der Waals surface area contributed by atoms with Gasteiger partial charge in [0.05, 0.1) is 12.6 Å². The Balaban J connectivity index is 1.61. The van der Waals surface area contributed by atoms with E-state index in [0.29, 0.717) is 22.8 Å². The third-order valence-corrected chi connectivity index (χ3v) is 4.88. The van der Waals surface area contributed by atoms with Crippen LogP contribution in [0.15, 0.2) is 79.0 Å². The molecule has 0 aliphatic carbocycles. The number of para-hydroxylation sites is 1. The first-order valence-corrected chi connectivity index (χ1v) is 10.2. The summed E-state index contributed by atoms with van der Waals surface area (Å²) in [5.74, 6) is -0.413. The fourth-order valence-electron chi connectivity index (χ4n) is 3.24. The molecule has 0 unspecified atom stereocenters. The van der Waals surface area contributed by atoms with Gasteiger partial charge in [0.2, 0.25) is 5.91 Å². The second-order valence-corrected chi connectivity index (χ2v) is 7.23. The van der Waals surface area contributed by atoms with Crippen LogP contribution in [-0.2, 0) is 11.2 Å². The van der Waals surface area contributed by atoms with Crippen LogP contribution in [0.1, 0.15) is 22.5 Å². The van der Waals surface area contributed by atoms with Gasteiger partial charge in [-0.2, -0.15) is 0 Å². The maximum atomic E-state index is 12.6. The monoisotopic (exact) mass is 435 g/mol. The fourth-order valence-corrected chi connectivity index (χ4v) is 3.24. The van der Waals surface area contributed by atoms with Crippen molar-refractivity contribution >= 4 is 11.8 Å². The van der Waals surface area contributed by atoms with Crippen LogP contribution in [0.4, 0.5) is 0 Å². The molecular formula is C24H25N3O5. The maximum absolute atomic E-state index is 12.6. The topological polar surface area (TPSA) is 121 Å². The van der Waals surface area contributed by atoms with Crippen molar-refractivity contribution in [3.8, 4) is 11.5 Å². The number of pyridine rings is 1. The molecule has 0 radical (unpaired) electrons. The minimum absolute atomic E-state index is 0.125. The van der Waals surface area contributed by atoms with Crippen molar-refractivity contribution < 1.29 is 24.6 Å².